The third kappa shape index (κ3) is 10.3. The molecule has 0 radical (unpaired) electrons. The third-order valence-electron chi connectivity index (χ3n) is 3.59. The van der Waals surface area contributed by atoms with Crippen molar-refractivity contribution >= 4 is 23.0 Å². The number of primary amides is 1. The van der Waals surface area contributed by atoms with Gasteiger partial charge in [-0.25, -0.2) is 9.37 Å². The van der Waals surface area contributed by atoms with Gasteiger partial charge in [0.2, 0.25) is 0 Å². The van der Waals surface area contributed by atoms with E-state index in [2.05, 4.69) is 25.8 Å². The smallest absolute Gasteiger partial charge is 0.260 e. The first-order chi connectivity index (χ1) is 13.0. The Morgan fingerprint density at radius 2 is 1.79 bits per heavy atom. The van der Waals surface area contributed by atoms with Gasteiger partial charge in [0.15, 0.2) is 0 Å². The van der Waals surface area contributed by atoms with Gasteiger partial charge in [0.1, 0.15) is 21.5 Å². The SMILES string of the molecule is CC.CC(=O)CCC(C)(C)C.CCc1cc(F)cc(-c2ncc(C(N)=O)s2)c1. The monoisotopic (exact) mass is 408 g/mol. The number of aryl methyl sites for hydroxylation is 1. The maximum atomic E-state index is 13.4. The van der Waals surface area contributed by atoms with E-state index in [0.717, 1.165) is 24.8 Å². The van der Waals surface area contributed by atoms with Crippen molar-refractivity contribution in [2.45, 2.75) is 67.7 Å². The van der Waals surface area contributed by atoms with Gasteiger partial charge < -0.3 is 10.5 Å². The van der Waals surface area contributed by atoms with Crippen molar-refractivity contribution in [1.82, 2.24) is 4.98 Å². The van der Waals surface area contributed by atoms with Crippen LogP contribution < -0.4 is 5.73 Å². The molecule has 2 N–H and O–H groups in total. The summed E-state index contributed by atoms with van der Waals surface area (Å²) in [6.07, 6.45) is 3.89. The molecule has 0 aliphatic rings. The highest BCUT2D eigenvalue weighted by atomic mass is 32.1. The highest BCUT2D eigenvalue weighted by Crippen LogP contribution is 2.26. The summed E-state index contributed by atoms with van der Waals surface area (Å²) in [7, 11) is 0. The Morgan fingerprint density at radius 3 is 2.18 bits per heavy atom. The van der Waals surface area contributed by atoms with Crippen LogP contribution in [-0.2, 0) is 11.2 Å². The molecule has 6 heteroatoms. The molecule has 0 bridgehead atoms. The molecule has 2 aromatic rings. The summed E-state index contributed by atoms with van der Waals surface area (Å²) in [6.45, 7) is 14.0. The molecule has 0 aliphatic carbocycles. The third-order valence-corrected chi connectivity index (χ3v) is 4.65. The maximum absolute atomic E-state index is 13.4. The van der Waals surface area contributed by atoms with E-state index >= 15 is 0 Å². The van der Waals surface area contributed by atoms with Crippen LogP contribution in [0, 0.1) is 11.2 Å². The lowest BCUT2D eigenvalue weighted by Crippen LogP contribution is -2.08. The number of nitrogens with zero attached hydrogens (tertiary/aromatic N) is 1. The fourth-order valence-electron chi connectivity index (χ4n) is 2.05. The number of thiazole rings is 1. The van der Waals surface area contributed by atoms with Crippen molar-refractivity contribution in [2.75, 3.05) is 0 Å². The van der Waals surface area contributed by atoms with Crippen LogP contribution >= 0.6 is 11.3 Å². The summed E-state index contributed by atoms with van der Waals surface area (Å²) < 4.78 is 13.4. The van der Waals surface area contributed by atoms with Crippen molar-refractivity contribution in [3.8, 4) is 10.6 Å². The molecule has 156 valence electrons. The number of benzene rings is 1. The number of amides is 1. The van der Waals surface area contributed by atoms with Crippen LogP contribution in [0.25, 0.3) is 10.6 Å². The minimum Gasteiger partial charge on any atom is -0.365 e. The Kier molecular flexibility index (Phi) is 11.5. The van der Waals surface area contributed by atoms with E-state index in [1.165, 1.54) is 29.7 Å². The number of rotatable bonds is 5. The van der Waals surface area contributed by atoms with Gasteiger partial charge >= 0.3 is 0 Å². The van der Waals surface area contributed by atoms with E-state index in [4.69, 9.17) is 5.73 Å². The zero-order valence-electron chi connectivity index (χ0n) is 18.1. The number of hydrogen-bond acceptors (Lipinski definition) is 4. The largest absolute Gasteiger partial charge is 0.365 e. The van der Waals surface area contributed by atoms with Gasteiger partial charge in [-0.05, 0) is 48.9 Å². The molecule has 28 heavy (non-hydrogen) atoms. The highest BCUT2D eigenvalue weighted by molar-refractivity contribution is 7.16. The minimum absolute atomic E-state index is 0.296. The number of aromatic nitrogens is 1. The first-order valence-electron chi connectivity index (χ1n) is 9.56. The maximum Gasteiger partial charge on any atom is 0.260 e. The molecule has 0 unspecified atom stereocenters. The summed E-state index contributed by atoms with van der Waals surface area (Å²) in [5, 5.41) is 0.605. The van der Waals surface area contributed by atoms with E-state index in [-0.39, 0.29) is 5.82 Å². The Bertz CT molecular complexity index is 764. The molecular weight excluding hydrogens is 375 g/mol. The van der Waals surface area contributed by atoms with E-state index < -0.39 is 5.91 Å². The van der Waals surface area contributed by atoms with E-state index in [1.807, 2.05) is 26.8 Å². The molecule has 1 heterocycles. The standard InChI is InChI=1S/C12H11FN2OS.C8H16O.C2H6/c1-2-7-3-8(5-9(13)4-7)12-15-6-10(17-12)11(14)16;1-7(9)5-6-8(2,3)4;1-2/h3-6H,2H2,1H3,(H2,14,16);5-6H2,1-4H3;1-2H3. The van der Waals surface area contributed by atoms with Gasteiger partial charge in [0.05, 0.1) is 6.20 Å². The number of Topliss-reactive ketones (excluding diaryl/α,β-unsaturated/α-hetero) is 1. The normalized spacial score (nSPS) is 10.3. The Labute approximate surface area is 172 Å². The van der Waals surface area contributed by atoms with Crippen LogP contribution in [0.2, 0.25) is 0 Å². The topological polar surface area (TPSA) is 73.1 Å². The van der Waals surface area contributed by atoms with Gasteiger partial charge in [-0.15, -0.1) is 11.3 Å². The van der Waals surface area contributed by atoms with Crippen molar-refractivity contribution < 1.29 is 14.0 Å². The number of hydrogen-bond donors (Lipinski definition) is 1. The second kappa shape index (κ2) is 12.4. The predicted molar refractivity (Wildman–Crippen MR) is 116 cm³/mol. The molecule has 4 nitrogen and oxygen atoms in total. The fraction of sp³-hybridized carbons (Fsp3) is 0.500. The Balaban J connectivity index is 0.000000566. The fourth-order valence-corrected chi connectivity index (χ4v) is 2.81. The summed E-state index contributed by atoms with van der Waals surface area (Å²) in [5.41, 5.74) is 7.04. The quantitative estimate of drug-likeness (QED) is 0.655. The van der Waals surface area contributed by atoms with Crippen molar-refractivity contribution in [3.63, 3.8) is 0 Å². The van der Waals surface area contributed by atoms with Gasteiger partial charge in [0, 0.05) is 12.0 Å². The van der Waals surface area contributed by atoms with Crippen LogP contribution in [0.3, 0.4) is 0 Å². The second-order valence-corrected chi connectivity index (χ2v) is 8.39. The van der Waals surface area contributed by atoms with Gasteiger partial charge in [-0.1, -0.05) is 41.5 Å². The summed E-state index contributed by atoms with van der Waals surface area (Å²) in [6, 6.07) is 4.77. The van der Waals surface area contributed by atoms with E-state index in [9.17, 15) is 14.0 Å². The zero-order valence-corrected chi connectivity index (χ0v) is 18.9. The molecule has 2 rings (SSSR count). The number of nitrogens with two attached hydrogens (primary N) is 1. The first-order valence-corrected chi connectivity index (χ1v) is 10.4. The van der Waals surface area contributed by atoms with Crippen molar-refractivity contribution in [3.05, 3.63) is 40.7 Å². The number of ketones is 1. The molecule has 0 aliphatic heterocycles. The summed E-state index contributed by atoms with van der Waals surface area (Å²) in [4.78, 5) is 25.9. The van der Waals surface area contributed by atoms with Crippen LogP contribution in [0.4, 0.5) is 4.39 Å². The lowest BCUT2D eigenvalue weighted by molar-refractivity contribution is -0.117. The summed E-state index contributed by atoms with van der Waals surface area (Å²) in [5.74, 6) is -0.513. The minimum atomic E-state index is -0.513. The molecule has 1 aromatic carbocycles. The Hall–Kier alpha value is -2.08. The molecule has 0 fully saturated rings. The molecular formula is C22H33FN2O2S. The summed E-state index contributed by atoms with van der Waals surface area (Å²) >= 11 is 1.17. The van der Waals surface area contributed by atoms with Crippen LogP contribution in [0.15, 0.2) is 24.4 Å². The van der Waals surface area contributed by atoms with Crippen molar-refractivity contribution in [1.29, 1.82) is 0 Å². The van der Waals surface area contributed by atoms with E-state index in [1.54, 1.807) is 6.92 Å². The van der Waals surface area contributed by atoms with E-state index in [0.29, 0.717) is 26.6 Å². The zero-order chi connectivity index (χ0) is 21.9. The average Bonchev–Trinajstić information content (AvgIpc) is 3.12. The first kappa shape index (κ1) is 25.9. The average molecular weight is 409 g/mol. The Morgan fingerprint density at radius 1 is 1.18 bits per heavy atom. The van der Waals surface area contributed by atoms with Crippen LogP contribution in [0.1, 0.15) is 76.5 Å². The van der Waals surface area contributed by atoms with Gasteiger partial charge in [-0.3, -0.25) is 4.79 Å². The lowest BCUT2D eigenvalue weighted by atomic mass is 9.90. The van der Waals surface area contributed by atoms with Crippen LogP contribution in [-0.4, -0.2) is 16.7 Å². The predicted octanol–water partition coefficient (Wildman–Crippen LogP) is 6.04. The molecule has 0 saturated heterocycles. The molecule has 0 spiro atoms. The number of halogens is 1. The number of carbonyl (C=O) groups excluding carboxylic acids is 2. The van der Waals surface area contributed by atoms with Crippen molar-refractivity contribution in [2.24, 2.45) is 11.1 Å². The highest BCUT2D eigenvalue weighted by Gasteiger charge is 2.11. The molecule has 1 amide bonds. The lowest BCUT2D eigenvalue weighted by Gasteiger charge is -2.15. The molecule has 0 atom stereocenters. The number of carbonyl (C=O) groups is 2. The van der Waals surface area contributed by atoms with Crippen LogP contribution in [0.5, 0.6) is 0 Å². The molecule has 0 saturated carbocycles. The molecule has 1 aromatic heterocycles. The van der Waals surface area contributed by atoms with Gasteiger partial charge in [-0.2, -0.15) is 0 Å². The van der Waals surface area contributed by atoms with Gasteiger partial charge in [0.25, 0.3) is 5.91 Å². The second-order valence-electron chi connectivity index (χ2n) is 7.36.